The van der Waals surface area contributed by atoms with E-state index in [-0.39, 0.29) is 11.5 Å². The van der Waals surface area contributed by atoms with Crippen LogP contribution >= 0.6 is 15.9 Å². The van der Waals surface area contributed by atoms with Gasteiger partial charge in [-0.1, -0.05) is 36.7 Å². The van der Waals surface area contributed by atoms with Crippen molar-refractivity contribution in [3.63, 3.8) is 0 Å². The molecular weight excluding hydrogens is 318 g/mol. The van der Waals surface area contributed by atoms with Crippen molar-refractivity contribution in [2.75, 3.05) is 20.3 Å². The minimum absolute atomic E-state index is 0.161. The first kappa shape index (κ1) is 17.5. The van der Waals surface area contributed by atoms with Gasteiger partial charge >= 0.3 is 0 Å². The Morgan fingerprint density at radius 3 is 2.70 bits per heavy atom. The molecular formula is C16H26BrNO2. The standard InChI is InChI=1S/C16H26BrNO2/c1-5-14(13-10-12(17)6-7-15(13)19)18-11-16(2,3)8-9-20-4/h6-7,10,14,18-19H,5,8-9,11H2,1-4H3. The van der Waals surface area contributed by atoms with Crippen LogP contribution in [-0.2, 0) is 4.74 Å². The van der Waals surface area contributed by atoms with Crippen LogP contribution in [0.2, 0.25) is 0 Å². The van der Waals surface area contributed by atoms with Crippen LogP contribution < -0.4 is 5.32 Å². The lowest BCUT2D eigenvalue weighted by Crippen LogP contribution is -2.33. The van der Waals surface area contributed by atoms with E-state index in [0.29, 0.717) is 5.75 Å². The molecule has 0 bridgehead atoms. The van der Waals surface area contributed by atoms with Gasteiger partial charge in [0.05, 0.1) is 0 Å². The Morgan fingerprint density at radius 1 is 1.40 bits per heavy atom. The van der Waals surface area contributed by atoms with Gasteiger partial charge in [-0.15, -0.1) is 0 Å². The van der Waals surface area contributed by atoms with Gasteiger partial charge in [0.15, 0.2) is 0 Å². The van der Waals surface area contributed by atoms with Crippen LogP contribution in [0.4, 0.5) is 0 Å². The Bertz CT molecular complexity index is 421. The highest BCUT2D eigenvalue weighted by Gasteiger charge is 2.21. The lowest BCUT2D eigenvalue weighted by molar-refractivity contribution is 0.148. The first-order chi connectivity index (χ1) is 9.39. The van der Waals surface area contributed by atoms with Crippen molar-refractivity contribution < 1.29 is 9.84 Å². The van der Waals surface area contributed by atoms with Gasteiger partial charge < -0.3 is 15.2 Å². The minimum atomic E-state index is 0.161. The molecule has 0 saturated heterocycles. The third-order valence-electron chi connectivity index (χ3n) is 3.58. The summed E-state index contributed by atoms with van der Waals surface area (Å²) in [4.78, 5) is 0. The van der Waals surface area contributed by atoms with Crippen molar-refractivity contribution in [3.8, 4) is 5.75 Å². The van der Waals surface area contributed by atoms with Gasteiger partial charge in [0.1, 0.15) is 5.75 Å². The van der Waals surface area contributed by atoms with Gasteiger partial charge in [-0.2, -0.15) is 0 Å². The molecule has 1 rings (SSSR count). The van der Waals surface area contributed by atoms with Gasteiger partial charge in [0.25, 0.3) is 0 Å². The maximum Gasteiger partial charge on any atom is 0.120 e. The summed E-state index contributed by atoms with van der Waals surface area (Å²) in [5.41, 5.74) is 1.12. The Morgan fingerprint density at radius 2 is 2.10 bits per heavy atom. The molecule has 0 aliphatic heterocycles. The van der Waals surface area contributed by atoms with E-state index in [0.717, 1.165) is 36.0 Å². The van der Waals surface area contributed by atoms with Crippen LogP contribution in [0.15, 0.2) is 22.7 Å². The molecule has 0 heterocycles. The Hall–Kier alpha value is -0.580. The second-order valence-corrected chi connectivity index (χ2v) is 6.87. The van der Waals surface area contributed by atoms with Crippen molar-refractivity contribution in [2.24, 2.45) is 5.41 Å². The number of hydrogen-bond donors (Lipinski definition) is 2. The van der Waals surface area contributed by atoms with E-state index in [1.165, 1.54) is 0 Å². The van der Waals surface area contributed by atoms with Crippen molar-refractivity contribution in [1.82, 2.24) is 5.32 Å². The number of benzene rings is 1. The molecule has 0 saturated carbocycles. The number of rotatable bonds is 8. The first-order valence-electron chi connectivity index (χ1n) is 7.10. The molecule has 1 aromatic rings. The van der Waals surface area contributed by atoms with E-state index in [1.807, 2.05) is 12.1 Å². The predicted octanol–water partition coefficient (Wildman–Crippen LogP) is 4.26. The summed E-state index contributed by atoms with van der Waals surface area (Å²) in [7, 11) is 1.73. The quantitative estimate of drug-likeness (QED) is 0.740. The van der Waals surface area contributed by atoms with E-state index in [2.05, 4.69) is 42.0 Å². The molecule has 4 heteroatoms. The van der Waals surface area contributed by atoms with Gasteiger partial charge in [-0.25, -0.2) is 0 Å². The van der Waals surface area contributed by atoms with Gasteiger partial charge in [0.2, 0.25) is 0 Å². The molecule has 1 unspecified atom stereocenters. The average Bonchev–Trinajstić information content (AvgIpc) is 2.41. The van der Waals surface area contributed by atoms with Gasteiger partial charge in [-0.3, -0.25) is 0 Å². The van der Waals surface area contributed by atoms with E-state index in [9.17, 15) is 5.11 Å². The van der Waals surface area contributed by atoms with Crippen LogP contribution in [0, 0.1) is 5.41 Å². The minimum Gasteiger partial charge on any atom is -0.508 e. The zero-order valence-corrected chi connectivity index (χ0v) is 14.5. The van der Waals surface area contributed by atoms with Gasteiger partial charge in [-0.05, 0) is 36.5 Å². The Labute approximate surface area is 130 Å². The highest BCUT2D eigenvalue weighted by molar-refractivity contribution is 9.10. The first-order valence-corrected chi connectivity index (χ1v) is 7.89. The van der Waals surface area contributed by atoms with E-state index < -0.39 is 0 Å². The lowest BCUT2D eigenvalue weighted by atomic mass is 9.89. The van der Waals surface area contributed by atoms with E-state index in [4.69, 9.17) is 4.74 Å². The zero-order valence-electron chi connectivity index (χ0n) is 12.9. The highest BCUT2D eigenvalue weighted by Crippen LogP contribution is 2.30. The summed E-state index contributed by atoms with van der Waals surface area (Å²) >= 11 is 3.46. The number of halogens is 1. The molecule has 2 N–H and O–H groups in total. The third-order valence-corrected chi connectivity index (χ3v) is 4.08. The third kappa shape index (κ3) is 5.43. The highest BCUT2D eigenvalue weighted by atomic mass is 79.9. The number of phenolic OH excluding ortho intramolecular Hbond substituents is 1. The van der Waals surface area contributed by atoms with Crippen LogP contribution in [0.5, 0.6) is 5.75 Å². The summed E-state index contributed by atoms with van der Waals surface area (Å²) in [5, 5.41) is 13.6. The largest absolute Gasteiger partial charge is 0.508 e. The number of hydrogen-bond acceptors (Lipinski definition) is 3. The fraction of sp³-hybridized carbons (Fsp3) is 0.625. The van der Waals surface area contributed by atoms with Crippen LogP contribution in [-0.4, -0.2) is 25.4 Å². The monoisotopic (exact) mass is 343 g/mol. The summed E-state index contributed by atoms with van der Waals surface area (Å²) in [5.74, 6) is 0.349. The Balaban J connectivity index is 2.70. The molecule has 114 valence electrons. The molecule has 0 amide bonds. The number of methoxy groups -OCH3 is 1. The molecule has 0 aliphatic carbocycles. The predicted molar refractivity (Wildman–Crippen MR) is 87.1 cm³/mol. The van der Waals surface area contributed by atoms with Crippen molar-refractivity contribution in [1.29, 1.82) is 0 Å². The molecule has 0 aromatic heterocycles. The number of aromatic hydroxyl groups is 1. The maximum atomic E-state index is 10.0. The fourth-order valence-corrected chi connectivity index (χ4v) is 2.52. The summed E-state index contributed by atoms with van der Waals surface area (Å²) < 4.78 is 6.15. The molecule has 20 heavy (non-hydrogen) atoms. The summed E-state index contributed by atoms with van der Waals surface area (Å²) in [6.45, 7) is 8.24. The molecule has 0 radical (unpaired) electrons. The smallest absolute Gasteiger partial charge is 0.120 e. The van der Waals surface area contributed by atoms with Crippen molar-refractivity contribution in [3.05, 3.63) is 28.2 Å². The number of nitrogens with one attached hydrogen (secondary N) is 1. The van der Waals surface area contributed by atoms with E-state index >= 15 is 0 Å². The van der Waals surface area contributed by atoms with Crippen molar-refractivity contribution in [2.45, 2.75) is 39.7 Å². The van der Waals surface area contributed by atoms with Crippen molar-refractivity contribution >= 4 is 15.9 Å². The Kier molecular flexibility index (Phi) is 7.00. The van der Waals surface area contributed by atoms with Crippen LogP contribution in [0.1, 0.15) is 45.2 Å². The molecule has 0 aliphatic rings. The SMILES string of the molecule is CCC(NCC(C)(C)CCOC)c1cc(Br)ccc1O. The second kappa shape index (κ2) is 8.01. The number of ether oxygens (including phenoxy) is 1. The molecule has 1 atom stereocenters. The molecule has 0 spiro atoms. The average molecular weight is 344 g/mol. The van der Waals surface area contributed by atoms with Gasteiger partial charge in [0, 0.05) is 36.3 Å². The summed E-state index contributed by atoms with van der Waals surface area (Å²) in [6, 6.07) is 5.74. The van der Waals surface area contributed by atoms with E-state index in [1.54, 1.807) is 13.2 Å². The lowest BCUT2D eigenvalue weighted by Gasteiger charge is -2.28. The topological polar surface area (TPSA) is 41.5 Å². The normalized spacial score (nSPS) is 13.4. The molecule has 0 fully saturated rings. The zero-order chi connectivity index (χ0) is 15.2. The summed E-state index contributed by atoms with van der Waals surface area (Å²) in [6.07, 6.45) is 1.95. The fourth-order valence-electron chi connectivity index (χ4n) is 2.14. The number of phenols is 1. The molecule has 3 nitrogen and oxygen atoms in total. The maximum absolute atomic E-state index is 10.0. The van der Waals surface area contributed by atoms with Crippen LogP contribution in [0.3, 0.4) is 0 Å². The second-order valence-electron chi connectivity index (χ2n) is 5.95. The van der Waals surface area contributed by atoms with Crippen LogP contribution in [0.25, 0.3) is 0 Å². The molecule has 1 aromatic carbocycles.